The second kappa shape index (κ2) is 13.2. The Bertz CT molecular complexity index is 979. The van der Waals surface area contributed by atoms with Crippen molar-refractivity contribution >= 4 is 4.26 Å². The zero-order valence-electron chi connectivity index (χ0n) is 23.3. The summed E-state index contributed by atoms with van der Waals surface area (Å²) in [4.78, 5) is 0. The van der Waals surface area contributed by atoms with Gasteiger partial charge in [-0.15, -0.1) is 5.56 Å². The first-order chi connectivity index (χ1) is 15.2. The topological polar surface area (TPSA) is 0 Å². The van der Waals surface area contributed by atoms with E-state index >= 15 is 0 Å². The van der Waals surface area contributed by atoms with Crippen LogP contribution in [0.4, 0.5) is 0 Å². The van der Waals surface area contributed by atoms with E-state index in [0.29, 0.717) is 11.3 Å². The Kier molecular flexibility index (Phi) is 12.9. The fraction of sp³-hybridized carbons (Fsp3) is 0.469. The first-order valence-corrected chi connectivity index (χ1v) is 14.6. The molecule has 0 saturated carbocycles. The van der Waals surface area contributed by atoms with Gasteiger partial charge in [0.15, 0.2) is 0 Å². The maximum atomic E-state index is 3.53. The molecule has 2 aromatic carbocycles. The second-order valence-electron chi connectivity index (χ2n) is 12.3. The molecule has 0 aliphatic heterocycles. The van der Waals surface area contributed by atoms with E-state index in [-0.39, 0.29) is 35.6 Å². The molecule has 0 bridgehead atoms. The van der Waals surface area contributed by atoms with Gasteiger partial charge in [-0.05, 0) is 17.4 Å². The summed E-state index contributed by atoms with van der Waals surface area (Å²) in [5.41, 5.74) is 10.5. The van der Waals surface area contributed by atoms with Gasteiger partial charge >= 0.3 is 28.2 Å². The smallest absolute Gasteiger partial charge is 1.00 e. The molecule has 0 fully saturated rings. The average molecular weight is 676 g/mol. The van der Waals surface area contributed by atoms with Gasteiger partial charge in [0, 0.05) is 0 Å². The van der Waals surface area contributed by atoms with Crippen LogP contribution >= 0.6 is 0 Å². The van der Waals surface area contributed by atoms with Gasteiger partial charge in [-0.25, -0.2) is 6.08 Å². The number of allylic oxidation sites excluding steroid dienone is 4. The quantitative estimate of drug-likeness (QED) is 0.254. The molecule has 0 nitrogen and oxygen atoms in total. The minimum Gasteiger partial charge on any atom is -1.00 e. The summed E-state index contributed by atoms with van der Waals surface area (Å²) in [5.74, 6) is 0.522. The van der Waals surface area contributed by atoms with E-state index < -0.39 is 0 Å². The molecule has 1 unspecified atom stereocenters. The molecule has 0 amide bonds. The minimum atomic E-state index is 0. The molecule has 1 atom stereocenters. The van der Waals surface area contributed by atoms with Gasteiger partial charge in [0.05, 0.1) is 0 Å². The van der Waals surface area contributed by atoms with E-state index in [1.807, 2.05) is 0 Å². The van der Waals surface area contributed by atoms with Crippen LogP contribution in [-0.4, -0.2) is 4.26 Å². The van der Waals surface area contributed by atoms with Gasteiger partial charge in [-0.1, -0.05) is 115 Å². The van der Waals surface area contributed by atoms with E-state index in [1.165, 1.54) is 39.0 Å². The summed E-state index contributed by atoms with van der Waals surface area (Å²) in [5, 5.41) is 0. The minimum absolute atomic E-state index is 0. The van der Waals surface area contributed by atoms with Crippen molar-refractivity contribution < 1.29 is 48.7 Å². The first-order valence-electron chi connectivity index (χ1n) is 12.0. The summed E-state index contributed by atoms with van der Waals surface area (Å²) in [7, 11) is 0. The van der Waals surface area contributed by atoms with E-state index in [4.69, 9.17) is 0 Å². The standard InChI is InChI=1S/C21H25.C10H15.CH2.2ClH.Hf/c1-20(2,3)16-9-7-14-11-15-8-10-17(21(4,5)6)13-19(15)18(14)12-16;1-8-5-6-9(7-8)10(2,3)4;;;;/h7,9-10,12-13H,11H2,1-6H3;6-8H,1-4H3;1H2;2*1H;/q2*-1;;;;+2/p-2. The van der Waals surface area contributed by atoms with Gasteiger partial charge in [0.2, 0.25) is 0 Å². The third-order valence-corrected chi connectivity index (χ3v) is 6.32. The first kappa shape index (κ1) is 34.2. The Morgan fingerprint density at radius 2 is 1.34 bits per heavy atom. The van der Waals surface area contributed by atoms with Gasteiger partial charge in [-0.2, -0.15) is 41.0 Å². The number of rotatable bonds is 0. The molecule has 35 heavy (non-hydrogen) atoms. The number of hydrogen-bond donors (Lipinski definition) is 0. The van der Waals surface area contributed by atoms with E-state index in [1.54, 1.807) is 0 Å². The molecule has 2 aliphatic carbocycles. The van der Waals surface area contributed by atoms with Crippen LogP contribution in [0, 0.1) is 23.5 Å². The van der Waals surface area contributed by atoms with Crippen molar-refractivity contribution in [1.82, 2.24) is 0 Å². The molecule has 0 saturated heterocycles. The van der Waals surface area contributed by atoms with E-state index in [9.17, 15) is 0 Å². The van der Waals surface area contributed by atoms with E-state index in [0.717, 1.165) is 30.3 Å². The van der Waals surface area contributed by atoms with E-state index in [2.05, 4.69) is 128 Å². The van der Waals surface area contributed by atoms with Gasteiger partial charge in [0.25, 0.3) is 0 Å². The predicted octanol–water partition coefficient (Wildman–Crippen LogP) is 2.59. The number of halogens is 2. The Labute approximate surface area is 243 Å². The Hall–Kier alpha value is -0.760. The summed E-state index contributed by atoms with van der Waals surface area (Å²) < 4.78 is 3.39. The fourth-order valence-corrected chi connectivity index (χ4v) is 4.04. The van der Waals surface area contributed by atoms with Crippen molar-refractivity contribution in [3.63, 3.8) is 0 Å². The van der Waals surface area contributed by atoms with Crippen molar-refractivity contribution in [1.29, 1.82) is 0 Å². The Morgan fingerprint density at radius 3 is 1.77 bits per heavy atom. The maximum Gasteiger partial charge on any atom is -1.00 e. The molecule has 2 aromatic rings. The Balaban J connectivity index is 0.000000705. The van der Waals surface area contributed by atoms with Gasteiger partial charge < -0.3 is 24.8 Å². The maximum absolute atomic E-state index is 3.53. The number of hydrogen-bond acceptors (Lipinski definition) is 0. The SMILES string of the molecule is CC(C)(C)c1c[c-]c2c(c1)-c1cc(C(C)(C)C)ccc1C2.CC1[C-]=CC(C(C)(C)C)=C1.[CH2]=[Hf+2].[Cl-].[Cl-]. The van der Waals surface area contributed by atoms with Crippen molar-refractivity contribution in [2.24, 2.45) is 11.3 Å². The molecule has 0 N–H and O–H groups in total. The molecule has 190 valence electrons. The van der Waals surface area contributed by atoms with Crippen LogP contribution in [0.15, 0.2) is 48.1 Å². The largest absolute Gasteiger partial charge is 1.00 e. The molecule has 0 radical (unpaired) electrons. The monoisotopic (exact) mass is 676 g/mol. The molecular formula is C32H42Cl2Hf-2. The number of benzene rings is 2. The summed E-state index contributed by atoms with van der Waals surface area (Å²) in [6, 6.07) is 15.1. The van der Waals surface area contributed by atoms with Crippen molar-refractivity contribution in [2.45, 2.75) is 86.5 Å². The average Bonchev–Trinajstić information content (AvgIpc) is 3.31. The molecule has 0 aromatic heterocycles. The van der Waals surface area contributed by atoms with Crippen molar-refractivity contribution in [2.75, 3.05) is 0 Å². The van der Waals surface area contributed by atoms with Gasteiger partial charge in [0.1, 0.15) is 0 Å². The van der Waals surface area contributed by atoms with Crippen LogP contribution < -0.4 is 24.8 Å². The van der Waals surface area contributed by atoms with Gasteiger partial charge in [-0.3, -0.25) is 6.08 Å². The van der Waals surface area contributed by atoms with Crippen LogP contribution in [0.25, 0.3) is 11.1 Å². The van der Waals surface area contributed by atoms with Crippen LogP contribution in [-0.2, 0) is 41.1 Å². The van der Waals surface area contributed by atoms with Crippen LogP contribution in [0.2, 0.25) is 0 Å². The molecular weight excluding hydrogens is 634 g/mol. The third-order valence-electron chi connectivity index (χ3n) is 6.32. The predicted molar refractivity (Wildman–Crippen MR) is 143 cm³/mol. The third kappa shape index (κ3) is 8.94. The summed E-state index contributed by atoms with van der Waals surface area (Å²) in [6.07, 6.45) is 8.68. The van der Waals surface area contributed by atoms with Crippen molar-refractivity contribution in [3.05, 3.63) is 82.5 Å². The van der Waals surface area contributed by atoms with Crippen LogP contribution in [0.5, 0.6) is 0 Å². The fourth-order valence-electron chi connectivity index (χ4n) is 4.04. The summed E-state index contributed by atoms with van der Waals surface area (Å²) >= 11 is 1.06. The van der Waals surface area contributed by atoms with Crippen molar-refractivity contribution in [3.8, 4) is 11.1 Å². The summed E-state index contributed by atoms with van der Waals surface area (Å²) in [6.45, 7) is 22.5. The molecule has 0 heterocycles. The number of fused-ring (bicyclic) bond motifs is 3. The molecule has 4 rings (SSSR count). The second-order valence-corrected chi connectivity index (χ2v) is 12.3. The normalized spacial score (nSPS) is 15.8. The van der Waals surface area contributed by atoms with Crippen LogP contribution in [0.3, 0.4) is 0 Å². The molecule has 2 aliphatic rings. The van der Waals surface area contributed by atoms with Crippen LogP contribution in [0.1, 0.15) is 91.5 Å². The Morgan fingerprint density at radius 1 is 0.800 bits per heavy atom. The zero-order chi connectivity index (χ0) is 25.2. The molecule has 0 spiro atoms. The molecule has 3 heteroatoms. The zero-order valence-corrected chi connectivity index (χ0v) is 28.4.